The lowest BCUT2D eigenvalue weighted by Crippen LogP contribution is -2.50. The number of urea groups is 1. The third kappa shape index (κ3) is 4.10. The SMILES string of the molecule is COc1cc(OC)c(NC(=O)N2CCN(c3nc4cc(Br)ccc4n4cccc34)CC2)cc1Cl. The Balaban J connectivity index is 1.33. The Labute approximate surface area is 210 Å². The van der Waals surface area contributed by atoms with Crippen LogP contribution in [0.5, 0.6) is 11.5 Å². The molecule has 176 valence electrons. The molecule has 2 amide bonds. The van der Waals surface area contributed by atoms with Crippen LogP contribution in [-0.4, -0.2) is 60.7 Å². The lowest BCUT2D eigenvalue weighted by atomic mass is 10.2. The summed E-state index contributed by atoms with van der Waals surface area (Å²) in [5.74, 6) is 1.88. The van der Waals surface area contributed by atoms with Gasteiger partial charge in [-0.25, -0.2) is 9.78 Å². The number of aromatic nitrogens is 2. The van der Waals surface area contributed by atoms with E-state index < -0.39 is 0 Å². The molecule has 0 aliphatic carbocycles. The van der Waals surface area contributed by atoms with Gasteiger partial charge in [-0.3, -0.25) is 0 Å². The van der Waals surface area contributed by atoms with Crippen molar-refractivity contribution in [2.24, 2.45) is 0 Å². The van der Waals surface area contributed by atoms with Gasteiger partial charge < -0.3 is 29.0 Å². The second-order valence-corrected chi connectivity index (χ2v) is 9.25. The lowest BCUT2D eigenvalue weighted by Gasteiger charge is -2.35. The summed E-state index contributed by atoms with van der Waals surface area (Å²) in [7, 11) is 3.07. The van der Waals surface area contributed by atoms with Gasteiger partial charge in [-0.15, -0.1) is 0 Å². The average Bonchev–Trinajstić information content (AvgIpc) is 3.34. The molecule has 2 aromatic carbocycles. The molecule has 0 saturated carbocycles. The highest BCUT2D eigenvalue weighted by Crippen LogP contribution is 2.36. The number of hydrogen-bond donors (Lipinski definition) is 1. The van der Waals surface area contributed by atoms with Crippen molar-refractivity contribution in [2.45, 2.75) is 0 Å². The maximum atomic E-state index is 13.0. The zero-order valence-corrected chi connectivity index (χ0v) is 21.1. The van der Waals surface area contributed by atoms with Gasteiger partial charge in [-0.1, -0.05) is 27.5 Å². The summed E-state index contributed by atoms with van der Waals surface area (Å²) >= 11 is 9.78. The molecule has 8 nitrogen and oxygen atoms in total. The molecular weight excluding hydrogens is 522 g/mol. The number of piperazine rings is 1. The molecule has 34 heavy (non-hydrogen) atoms. The molecule has 1 aliphatic rings. The number of methoxy groups -OCH3 is 2. The largest absolute Gasteiger partial charge is 0.495 e. The van der Waals surface area contributed by atoms with E-state index >= 15 is 0 Å². The first kappa shape index (κ1) is 22.6. The van der Waals surface area contributed by atoms with Crippen molar-refractivity contribution in [1.29, 1.82) is 0 Å². The van der Waals surface area contributed by atoms with Gasteiger partial charge in [0.1, 0.15) is 11.5 Å². The zero-order valence-electron chi connectivity index (χ0n) is 18.7. The molecule has 0 atom stereocenters. The van der Waals surface area contributed by atoms with Crippen molar-refractivity contribution in [3.8, 4) is 11.5 Å². The van der Waals surface area contributed by atoms with E-state index in [1.807, 2.05) is 24.4 Å². The molecule has 0 radical (unpaired) electrons. The molecule has 5 rings (SSSR count). The van der Waals surface area contributed by atoms with Gasteiger partial charge >= 0.3 is 6.03 Å². The summed E-state index contributed by atoms with van der Waals surface area (Å²) in [4.78, 5) is 21.9. The number of carbonyl (C=O) groups is 1. The topological polar surface area (TPSA) is 71.3 Å². The van der Waals surface area contributed by atoms with Crippen molar-refractivity contribution < 1.29 is 14.3 Å². The summed E-state index contributed by atoms with van der Waals surface area (Å²) in [6.45, 7) is 2.45. The number of anilines is 2. The highest BCUT2D eigenvalue weighted by molar-refractivity contribution is 9.10. The van der Waals surface area contributed by atoms with Crippen LogP contribution in [0.3, 0.4) is 0 Å². The molecule has 1 N–H and O–H groups in total. The summed E-state index contributed by atoms with van der Waals surface area (Å²) in [5, 5.41) is 3.31. The number of nitrogens with one attached hydrogen (secondary N) is 1. The van der Waals surface area contributed by atoms with Crippen molar-refractivity contribution in [1.82, 2.24) is 14.3 Å². The third-order valence-electron chi connectivity index (χ3n) is 5.98. The van der Waals surface area contributed by atoms with E-state index in [1.54, 1.807) is 17.0 Å². The quantitative estimate of drug-likeness (QED) is 0.379. The number of fused-ring (bicyclic) bond motifs is 3. The summed E-state index contributed by atoms with van der Waals surface area (Å²) in [6, 6.07) is 13.3. The van der Waals surface area contributed by atoms with Crippen molar-refractivity contribution in [3.63, 3.8) is 0 Å². The monoisotopic (exact) mass is 543 g/mol. The maximum absolute atomic E-state index is 13.0. The second kappa shape index (κ2) is 9.23. The van der Waals surface area contributed by atoms with Crippen molar-refractivity contribution >= 4 is 61.6 Å². The minimum absolute atomic E-state index is 0.206. The Morgan fingerprint density at radius 3 is 2.53 bits per heavy atom. The molecule has 0 bridgehead atoms. The highest BCUT2D eigenvalue weighted by atomic mass is 79.9. The van der Waals surface area contributed by atoms with Crippen molar-refractivity contribution in [2.75, 3.05) is 50.6 Å². The van der Waals surface area contributed by atoms with E-state index in [2.05, 4.69) is 42.7 Å². The number of carbonyl (C=O) groups excluding carboxylic acids is 1. The second-order valence-electron chi connectivity index (χ2n) is 7.92. The lowest BCUT2D eigenvalue weighted by molar-refractivity contribution is 0.208. The van der Waals surface area contributed by atoms with E-state index in [0.717, 1.165) is 26.8 Å². The molecule has 0 unspecified atom stereocenters. The Bertz CT molecular complexity index is 1380. The molecule has 3 heterocycles. The highest BCUT2D eigenvalue weighted by Gasteiger charge is 2.25. The molecule has 10 heteroatoms. The molecule has 1 fully saturated rings. The van der Waals surface area contributed by atoms with Gasteiger partial charge in [0.15, 0.2) is 5.82 Å². The predicted octanol–water partition coefficient (Wildman–Crippen LogP) is 5.27. The number of nitrogens with zero attached hydrogens (tertiary/aromatic N) is 4. The number of amides is 2. The zero-order chi connectivity index (χ0) is 23.8. The van der Waals surface area contributed by atoms with Crippen LogP contribution in [-0.2, 0) is 0 Å². The fraction of sp³-hybridized carbons (Fsp3) is 0.250. The van der Waals surface area contributed by atoms with Crippen LogP contribution < -0.4 is 19.7 Å². The fourth-order valence-electron chi connectivity index (χ4n) is 4.24. The molecule has 1 saturated heterocycles. The Morgan fingerprint density at radius 1 is 1.03 bits per heavy atom. The minimum Gasteiger partial charge on any atom is -0.495 e. The van der Waals surface area contributed by atoms with E-state index in [4.69, 9.17) is 26.1 Å². The molecule has 4 aromatic rings. The summed E-state index contributed by atoms with van der Waals surface area (Å²) in [5.41, 5.74) is 3.51. The van der Waals surface area contributed by atoms with Crippen LogP contribution >= 0.6 is 27.5 Å². The number of hydrogen-bond acceptors (Lipinski definition) is 5. The predicted molar refractivity (Wildman–Crippen MR) is 138 cm³/mol. The van der Waals surface area contributed by atoms with Gasteiger partial charge in [0.2, 0.25) is 0 Å². The molecule has 0 spiro atoms. The van der Waals surface area contributed by atoms with Crippen LogP contribution in [0.1, 0.15) is 0 Å². The number of rotatable bonds is 4. The van der Waals surface area contributed by atoms with Gasteiger partial charge in [0.25, 0.3) is 0 Å². The molecule has 2 aromatic heterocycles. The van der Waals surface area contributed by atoms with Gasteiger partial charge in [-0.05, 0) is 36.4 Å². The maximum Gasteiger partial charge on any atom is 0.322 e. The van der Waals surface area contributed by atoms with Crippen LogP contribution in [0, 0.1) is 0 Å². The van der Waals surface area contributed by atoms with Gasteiger partial charge in [0.05, 0.1) is 41.5 Å². The fourth-order valence-corrected chi connectivity index (χ4v) is 4.83. The van der Waals surface area contributed by atoms with Crippen LogP contribution in [0.4, 0.5) is 16.3 Å². The summed E-state index contributed by atoms with van der Waals surface area (Å²) < 4.78 is 13.8. The Morgan fingerprint density at radius 2 is 1.79 bits per heavy atom. The number of halogens is 2. The molecular formula is C24H23BrClN5O3. The van der Waals surface area contributed by atoms with Crippen LogP contribution in [0.15, 0.2) is 53.1 Å². The first-order valence-electron chi connectivity index (χ1n) is 10.8. The van der Waals surface area contributed by atoms with E-state index in [9.17, 15) is 4.79 Å². The smallest absolute Gasteiger partial charge is 0.322 e. The van der Waals surface area contributed by atoms with Crippen molar-refractivity contribution in [3.05, 3.63) is 58.2 Å². The summed E-state index contributed by atoms with van der Waals surface area (Å²) in [6.07, 6.45) is 2.05. The van der Waals surface area contributed by atoms with E-state index in [-0.39, 0.29) is 6.03 Å². The Hall–Kier alpha value is -3.17. The standard InChI is InChI=1S/C24H23BrClN5O3/c1-33-21-14-22(34-2)18(13-16(21)26)28-24(32)30-10-8-29(9-11-30)23-20-4-3-7-31(20)19-6-5-15(25)12-17(19)27-23/h3-7,12-14H,8-11H2,1-2H3,(H,28,32). The van der Waals surface area contributed by atoms with Gasteiger partial charge in [-0.2, -0.15) is 0 Å². The first-order chi connectivity index (χ1) is 16.5. The minimum atomic E-state index is -0.206. The number of ether oxygens (including phenoxy) is 2. The van der Waals surface area contributed by atoms with E-state index in [0.29, 0.717) is 48.4 Å². The van der Waals surface area contributed by atoms with Crippen LogP contribution in [0.2, 0.25) is 5.02 Å². The van der Waals surface area contributed by atoms with E-state index in [1.165, 1.54) is 14.2 Å². The first-order valence-corrected chi connectivity index (χ1v) is 11.9. The number of benzene rings is 2. The molecule has 1 aliphatic heterocycles. The van der Waals surface area contributed by atoms with Crippen LogP contribution in [0.25, 0.3) is 16.6 Å². The normalized spacial score (nSPS) is 14.0. The van der Waals surface area contributed by atoms with Gasteiger partial charge in [0, 0.05) is 42.9 Å². The third-order valence-corrected chi connectivity index (χ3v) is 6.77. The average molecular weight is 545 g/mol. The Kier molecular flexibility index (Phi) is 6.14.